The number of rotatable bonds is 4. The monoisotopic (exact) mass is 339 g/mol. The number of carbonyl (C=O) groups excluding carboxylic acids is 1. The predicted molar refractivity (Wildman–Crippen MR) is 84.4 cm³/mol. The van der Waals surface area contributed by atoms with Gasteiger partial charge >= 0.3 is 0 Å². The average Bonchev–Trinajstić information content (AvgIpc) is 2.87. The van der Waals surface area contributed by atoms with Crippen molar-refractivity contribution in [2.24, 2.45) is 0 Å². The molecule has 0 unspecified atom stereocenters. The summed E-state index contributed by atoms with van der Waals surface area (Å²) in [5, 5.41) is 3.32. The van der Waals surface area contributed by atoms with Crippen LogP contribution in [0.4, 0.5) is 4.39 Å². The van der Waals surface area contributed by atoms with Crippen LogP contribution in [-0.2, 0) is 10.0 Å². The lowest BCUT2D eigenvalue weighted by molar-refractivity contribution is 0.0875. The highest BCUT2D eigenvalue weighted by Crippen LogP contribution is 2.17. The smallest absolute Gasteiger partial charge is 0.266 e. The van der Waals surface area contributed by atoms with Crippen molar-refractivity contribution in [1.82, 2.24) is 14.1 Å². The van der Waals surface area contributed by atoms with Gasteiger partial charge in [-0.2, -0.15) is 5.10 Å². The van der Waals surface area contributed by atoms with E-state index in [4.69, 9.17) is 0 Å². The molecule has 0 aliphatic rings. The fourth-order valence-electron chi connectivity index (χ4n) is 2.01. The largest absolute Gasteiger partial charge is 0.287 e. The van der Waals surface area contributed by atoms with Crippen molar-refractivity contribution in [2.75, 3.05) is 7.05 Å². The summed E-state index contributed by atoms with van der Waals surface area (Å²) in [6.07, 6.45) is 1.49. The van der Waals surface area contributed by atoms with Gasteiger partial charge in [0, 0.05) is 18.8 Å². The molecule has 0 aliphatic carbocycles. The maximum atomic E-state index is 13.8. The summed E-state index contributed by atoms with van der Waals surface area (Å²) in [7, 11) is -2.55. The standard InChI is InChI=1S/C15H18FN3O3S/c1-10(2)23(21,22)18(4)15(20)14-11(3)9-19(17-14)13-8-6-5-7-12(13)16/h5-10H,1-4H3. The predicted octanol–water partition coefficient (Wildman–Crippen LogP) is 2.13. The van der Waals surface area contributed by atoms with Crippen LogP contribution in [0.25, 0.3) is 5.69 Å². The summed E-state index contributed by atoms with van der Waals surface area (Å²) in [5.74, 6) is -1.23. The van der Waals surface area contributed by atoms with Crippen molar-refractivity contribution in [1.29, 1.82) is 0 Å². The van der Waals surface area contributed by atoms with Gasteiger partial charge in [0.2, 0.25) is 10.0 Å². The van der Waals surface area contributed by atoms with Crippen molar-refractivity contribution in [3.63, 3.8) is 0 Å². The summed E-state index contributed by atoms with van der Waals surface area (Å²) in [4.78, 5) is 12.4. The summed E-state index contributed by atoms with van der Waals surface area (Å²) in [6, 6.07) is 5.99. The Hall–Kier alpha value is -2.22. The summed E-state index contributed by atoms with van der Waals surface area (Å²) >= 11 is 0. The zero-order chi connectivity index (χ0) is 17.4. The van der Waals surface area contributed by atoms with E-state index in [2.05, 4.69) is 5.10 Å². The highest BCUT2D eigenvalue weighted by molar-refractivity contribution is 7.90. The van der Waals surface area contributed by atoms with Crippen LogP contribution in [0.3, 0.4) is 0 Å². The maximum absolute atomic E-state index is 13.8. The Morgan fingerprint density at radius 3 is 2.48 bits per heavy atom. The van der Waals surface area contributed by atoms with Crippen molar-refractivity contribution >= 4 is 15.9 Å². The molecule has 8 heteroatoms. The van der Waals surface area contributed by atoms with E-state index in [0.29, 0.717) is 9.87 Å². The highest BCUT2D eigenvalue weighted by atomic mass is 32.2. The highest BCUT2D eigenvalue weighted by Gasteiger charge is 2.30. The third-order valence-electron chi connectivity index (χ3n) is 3.46. The van der Waals surface area contributed by atoms with Crippen LogP contribution in [0, 0.1) is 12.7 Å². The van der Waals surface area contributed by atoms with Crippen LogP contribution in [-0.4, -0.2) is 40.7 Å². The van der Waals surface area contributed by atoms with Gasteiger partial charge in [-0.15, -0.1) is 0 Å². The number of carbonyl (C=O) groups is 1. The molecule has 6 nitrogen and oxygen atoms in total. The van der Waals surface area contributed by atoms with E-state index in [-0.39, 0.29) is 11.4 Å². The van der Waals surface area contributed by atoms with Crippen LogP contribution in [0.5, 0.6) is 0 Å². The fraction of sp³-hybridized carbons (Fsp3) is 0.333. The molecule has 1 aromatic carbocycles. The van der Waals surface area contributed by atoms with Crippen LogP contribution in [0.1, 0.15) is 29.9 Å². The van der Waals surface area contributed by atoms with Gasteiger partial charge in [-0.3, -0.25) is 4.79 Å². The Morgan fingerprint density at radius 2 is 1.91 bits per heavy atom. The van der Waals surface area contributed by atoms with Crippen LogP contribution < -0.4 is 0 Å². The molecule has 0 atom stereocenters. The Labute approximate surface area is 134 Å². The van der Waals surface area contributed by atoms with Gasteiger partial charge in [0.15, 0.2) is 5.69 Å². The van der Waals surface area contributed by atoms with Crippen LogP contribution in [0.2, 0.25) is 0 Å². The van der Waals surface area contributed by atoms with Crippen molar-refractivity contribution in [3.05, 3.63) is 47.5 Å². The molecule has 0 N–H and O–H groups in total. The minimum atomic E-state index is -3.74. The first-order valence-corrected chi connectivity index (χ1v) is 8.49. The number of aromatic nitrogens is 2. The SMILES string of the molecule is Cc1cn(-c2ccccc2F)nc1C(=O)N(C)S(=O)(=O)C(C)C. The lowest BCUT2D eigenvalue weighted by Crippen LogP contribution is -2.38. The third kappa shape index (κ3) is 3.12. The van der Waals surface area contributed by atoms with Gasteiger partial charge in [0.1, 0.15) is 11.5 Å². The number of hydrogen-bond acceptors (Lipinski definition) is 4. The summed E-state index contributed by atoms with van der Waals surface area (Å²) in [6.45, 7) is 4.60. The number of amides is 1. The Kier molecular flexibility index (Phi) is 4.56. The zero-order valence-electron chi connectivity index (χ0n) is 13.3. The molecule has 0 bridgehead atoms. The van der Waals surface area contributed by atoms with Crippen LogP contribution >= 0.6 is 0 Å². The van der Waals surface area contributed by atoms with Crippen LogP contribution in [0.15, 0.2) is 30.5 Å². The Balaban J connectivity index is 2.43. The van der Waals surface area contributed by atoms with E-state index >= 15 is 0 Å². The summed E-state index contributed by atoms with van der Waals surface area (Å²) in [5.41, 5.74) is 0.619. The first kappa shape index (κ1) is 17.1. The van der Waals surface area contributed by atoms with E-state index < -0.39 is 27.0 Å². The molecule has 1 aromatic heterocycles. The van der Waals surface area contributed by atoms with Gasteiger partial charge in [0.25, 0.3) is 5.91 Å². The molecular formula is C15H18FN3O3S. The minimum absolute atomic E-state index is 0.0278. The van der Waals surface area contributed by atoms with Crippen molar-refractivity contribution < 1.29 is 17.6 Å². The molecule has 0 aliphatic heterocycles. The molecule has 0 saturated heterocycles. The van der Waals surface area contributed by atoms with E-state index in [1.54, 1.807) is 19.1 Å². The van der Waals surface area contributed by atoms with E-state index in [9.17, 15) is 17.6 Å². The first-order valence-electron chi connectivity index (χ1n) is 6.99. The average molecular weight is 339 g/mol. The number of aryl methyl sites for hydroxylation is 1. The second kappa shape index (κ2) is 6.11. The lowest BCUT2D eigenvalue weighted by Gasteiger charge is -2.19. The second-order valence-electron chi connectivity index (χ2n) is 5.42. The molecule has 0 fully saturated rings. The maximum Gasteiger partial charge on any atom is 0.287 e. The molecule has 0 saturated carbocycles. The molecule has 0 radical (unpaired) electrons. The minimum Gasteiger partial charge on any atom is -0.266 e. The Morgan fingerprint density at radius 1 is 1.30 bits per heavy atom. The van der Waals surface area contributed by atoms with Gasteiger partial charge < -0.3 is 0 Å². The van der Waals surface area contributed by atoms with E-state index in [1.165, 1.54) is 43.9 Å². The quantitative estimate of drug-likeness (QED) is 0.855. The second-order valence-corrected chi connectivity index (χ2v) is 7.94. The number of sulfonamides is 1. The first-order chi connectivity index (χ1) is 10.7. The van der Waals surface area contributed by atoms with E-state index in [0.717, 1.165) is 0 Å². The van der Waals surface area contributed by atoms with Crippen molar-refractivity contribution in [3.8, 4) is 5.69 Å². The molecule has 2 rings (SSSR count). The Bertz CT molecular complexity index is 843. The molecular weight excluding hydrogens is 321 g/mol. The lowest BCUT2D eigenvalue weighted by atomic mass is 10.2. The number of para-hydroxylation sites is 1. The molecule has 23 heavy (non-hydrogen) atoms. The zero-order valence-corrected chi connectivity index (χ0v) is 14.1. The molecule has 0 spiro atoms. The molecule has 1 amide bonds. The van der Waals surface area contributed by atoms with Gasteiger partial charge in [-0.1, -0.05) is 12.1 Å². The van der Waals surface area contributed by atoms with Gasteiger partial charge in [0.05, 0.1) is 5.25 Å². The number of nitrogens with zero attached hydrogens (tertiary/aromatic N) is 3. The third-order valence-corrected chi connectivity index (χ3v) is 5.58. The van der Waals surface area contributed by atoms with Gasteiger partial charge in [-0.25, -0.2) is 21.8 Å². The van der Waals surface area contributed by atoms with E-state index in [1.807, 2.05) is 0 Å². The number of halogens is 1. The molecule has 1 heterocycles. The number of hydrogen-bond donors (Lipinski definition) is 0. The number of benzene rings is 1. The van der Waals surface area contributed by atoms with Gasteiger partial charge in [-0.05, 0) is 32.9 Å². The topological polar surface area (TPSA) is 72.3 Å². The normalized spacial score (nSPS) is 11.7. The fourth-order valence-corrected chi connectivity index (χ4v) is 2.96. The summed E-state index contributed by atoms with van der Waals surface area (Å²) < 4.78 is 39.9. The molecule has 2 aromatic rings. The van der Waals surface area contributed by atoms with Crippen molar-refractivity contribution in [2.45, 2.75) is 26.0 Å². The molecule has 124 valence electrons.